The van der Waals surface area contributed by atoms with Crippen molar-refractivity contribution in [2.75, 3.05) is 26.7 Å². The Morgan fingerprint density at radius 3 is 2.53 bits per heavy atom. The second kappa shape index (κ2) is 5.04. The molecule has 5 nitrogen and oxygen atoms in total. The number of carboxylic acids is 1. The Bertz CT molecular complexity index is 319. The van der Waals surface area contributed by atoms with Gasteiger partial charge in [-0.1, -0.05) is 0 Å². The molecular weight excluding hydrogens is 220 g/mol. The topological polar surface area (TPSA) is 60.9 Å². The number of nitrogens with zero attached hydrogens (tertiary/aromatic N) is 2. The molecule has 17 heavy (non-hydrogen) atoms. The predicted octanol–water partition coefficient (Wildman–Crippen LogP) is 0.404. The van der Waals surface area contributed by atoms with Crippen molar-refractivity contribution < 1.29 is 14.7 Å². The molecular formula is C12H20N2O3. The molecule has 0 aromatic rings. The molecule has 2 aliphatic heterocycles. The minimum atomic E-state index is -0.857. The lowest BCUT2D eigenvalue weighted by atomic mass is 9.98. The first kappa shape index (κ1) is 12.4. The van der Waals surface area contributed by atoms with Gasteiger partial charge in [-0.25, -0.2) is 4.79 Å². The fraction of sp³-hybridized carbons (Fsp3) is 0.833. The molecule has 5 heteroatoms. The van der Waals surface area contributed by atoms with Crippen LogP contribution in [-0.2, 0) is 9.59 Å². The van der Waals surface area contributed by atoms with Gasteiger partial charge in [0.25, 0.3) is 0 Å². The van der Waals surface area contributed by atoms with E-state index in [4.69, 9.17) is 5.11 Å². The molecule has 0 spiro atoms. The monoisotopic (exact) mass is 240 g/mol. The van der Waals surface area contributed by atoms with Crippen LogP contribution in [0.25, 0.3) is 0 Å². The van der Waals surface area contributed by atoms with E-state index in [9.17, 15) is 9.59 Å². The quantitative estimate of drug-likeness (QED) is 0.759. The normalized spacial score (nSPS) is 30.5. The van der Waals surface area contributed by atoms with E-state index in [1.165, 1.54) is 0 Å². The zero-order valence-corrected chi connectivity index (χ0v) is 10.3. The number of piperidine rings is 1. The molecule has 0 aliphatic carbocycles. The van der Waals surface area contributed by atoms with E-state index in [0.29, 0.717) is 13.0 Å². The number of carbonyl (C=O) groups excluding carboxylic acids is 1. The van der Waals surface area contributed by atoms with Gasteiger partial charge >= 0.3 is 5.97 Å². The predicted molar refractivity (Wildman–Crippen MR) is 62.6 cm³/mol. The number of hydrogen-bond acceptors (Lipinski definition) is 3. The van der Waals surface area contributed by atoms with E-state index in [1.807, 2.05) is 7.05 Å². The van der Waals surface area contributed by atoms with Crippen molar-refractivity contribution in [3.05, 3.63) is 0 Å². The fourth-order valence-electron chi connectivity index (χ4n) is 2.82. The minimum absolute atomic E-state index is 0.0000463. The lowest BCUT2D eigenvalue weighted by Gasteiger charge is -2.34. The molecule has 1 N–H and O–H groups in total. The Kier molecular flexibility index (Phi) is 3.66. The molecule has 1 amide bonds. The molecule has 96 valence electrons. The molecule has 2 rings (SSSR count). The van der Waals surface area contributed by atoms with Crippen LogP contribution in [0.5, 0.6) is 0 Å². The van der Waals surface area contributed by atoms with Crippen molar-refractivity contribution in [1.82, 2.24) is 9.80 Å². The third kappa shape index (κ3) is 2.60. The first-order valence-electron chi connectivity index (χ1n) is 6.31. The lowest BCUT2D eigenvalue weighted by molar-refractivity contribution is -0.153. The van der Waals surface area contributed by atoms with E-state index in [0.717, 1.165) is 32.4 Å². The lowest BCUT2D eigenvalue weighted by Crippen LogP contribution is -2.50. The summed E-state index contributed by atoms with van der Waals surface area (Å²) >= 11 is 0. The average molecular weight is 240 g/mol. The number of hydrogen-bond donors (Lipinski definition) is 1. The molecule has 2 saturated heterocycles. The van der Waals surface area contributed by atoms with Crippen LogP contribution in [0, 0.1) is 5.92 Å². The third-order valence-electron chi connectivity index (χ3n) is 3.81. The molecule has 2 fully saturated rings. The molecule has 2 atom stereocenters. The Balaban J connectivity index is 2.03. The van der Waals surface area contributed by atoms with Crippen LogP contribution in [0.4, 0.5) is 0 Å². The number of rotatable bonds is 2. The van der Waals surface area contributed by atoms with Crippen molar-refractivity contribution in [1.29, 1.82) is 0 Å². The van der Waals surface area contributed by atoms with Crippen LogP contribution in [0.3, 0.4) is 0 Å². The summed E-state index contributed by atoms with van der Waals surface area (Å²) in [7, 11) is 2.00. The third-order valence-corrected chi connectivity index (χ3v) is 3.81. The summed E-state index contributed by atoms with van der Waals surface area (Å²) in [5.41, 5.74) is 0. The first-order chi connectivity index (χ1) is 8.09. The Morgan fingerprint density at radius 2 is 1.94 bits per heavy atom. The highest BCUT2D eigenvalue weighted by Gasteiger charge is 2.37. The van der Waals surface area contributed by atoms with Crippen LogP contribution in [-0.4, -0.2) is 59.5 Å². The summed E-state index contributed by atoms with van der Waals surface area (Å²) in [5, 5.41) is 9.15. The summed E-state index contributed by atoms with van der Waals surface area (Å²) in [6.45, 7) is 2.31. The number of likely N-dealkylation sites (tertiary alicyclic amines) is 2. The van der Waals surface area contributed by atoms with Gasteiger partial charge in [-0.05, 0) is 39.3 Å². The molecule has 2 heterocycles. The smallest absolute Gasteiger partial charge is 0.326 e. The van der Waals surface area contributed by atoms with E-state index in [-0.39, 0.29) is 11.8 Å². The number of aliphatic carboxylic acids is 1. The standard InChI is InChI=1S/C12H20N2O3/c1-13-7-5-9(8-13)11(15)14-6-3-2-4-10(14)12(16)17/h9-10H,2-8H2,1H3,(H,16,17)/t9?,10-/m1/s1. The van der Waals surface area contributed by atoms with Crippen molar-refractivity contribution in [2.45, 2.75) is 31.7 Å². The van der Waals surface area contributed by atoms with Crippen LogP contribution in [0.2, 0.25) is 0 Å². The molecule has 0 bridgehead atoms. The second-order valence-corrected chi connectivity index (χ2v) is 5.13. The molecule has 0 aromatic heterocycles. The maximum atomic E-state index is 12.3. The number of amides is 1. The summed E-state index contributed by atoms with van der Waals surface area (Å²) in [6.07, 6.45) is 3.30. The summed E-state index contributed by atoms with van der Waals surface area (Å²) in [5.74, 6) is -0.814. The zero-order chi connectivity index (χ0) is 12.4. The van der Waals surface area contributed by atoms with Gasteiger partial charge in [0.05, 0.1) is 5.92 Å². The highest BCUT2D eigenvalue weighted by atomic mass is 16.4. The largest absolute Gasteiger partial charge is 0.480 e. The molecule has 1 unspecified atom stereocenters. The second-order valence-electron chi connectivity index (χ2n) is 5.13. The maximum absolute atomic E-state index is 12.3. The SMILES string of the molecule is CN1CCC(C(=O)N2CCCC[C@@H]2C(=O)O)C1. The molecule has 0 saturated carbocycles. The summed E-state index contributed by atoms with van der Waals surface area (Å²) in [6, 6.07) is -0.595. The van der Waals surface area contributed by atoms with E-state index in [1.54, 1.807) is 4.90 Å². The van der Waals surface area contributed by atoms with E-state index in [2.05, 4.69) is 4.90 Å². The summed E-state index contributed by atoms with van der Waals surface area (Å²) in [4.78, 5) is 27.2. The highest BCUT2D eigenvalue weighted by molar-refractivity contribution is 5.85. The van der Waals surface area contributed by atoms with Gasteiger partial charge in [-0.15, -0.1) is 0 Å². The van der Waals surface area contributed by atoms with E-state index < -0.39 is 12.0 Å². The first-order valence-corrected chi connectivity index (χ1v) is 6.31. The van der Waals surface area contributed by atoms with Crippen molar-refractivity contribution in [2.24, 2.45) is 5.92 Å². The van der Waals surface area contributed by atoms with Crippen LogP contribution < -0.4 is 0 Å². The molecule has 0 aromatic carbocycles. The van der Waals surface area contributed by atoms with Gasteiger partial charge < -0.3 is 14.9 Å². The van der Waals surface area contributed by atoms with Crippen LogP contribution in [0.1, 0.15) is 25.7 Å². The van der Waals surface area contributed by atoms with Crippen LogP contribution in [0.15, 0.2) is 0 Å². The Morgan fingerprint density at radius 1 is 1.18 bits per heavy atom. The zero-order valence-electron chi connectivity index (χ0n) is 10.3. The van der Waals surface area contributed by atoms with E-state index >= 15 is 0 Å². The van der Waals surface area contributed by atoms with Crippen molar-refractivity contribution in [3.63, 3.8) is 0 Å². The van der Waals surface area contributed by atoms with Gasteiger partial charge in [-0.2, -0.15) is 0 Å². The van der Waals surface area contributed by atoms with Crippen molar-refractivity contribution in [3.8, 4) is 0 Å². The highest BCUT2D eigenvalue weighted by Crippen LogP contribution is 2.23. The van der Waals surface area contributed by atoms with Gasteiger partial charge in [0.2, 0.25) is 5.91 Å². The van der Waals surface area contributed by atoms with Gasteiger partial charge in [-0.3, -0.25) is 4.79 Å². The van der Waals surface area contributed by atoms with Crippen LogP contribution >= 0.6 is 0 Å². The van der Waals surface area contributed by atoms with Gasteiger partial charge in [0.1, 0.15) is 6.04 Å². The maximum Gasteiger partial charge on any atom is 0.326 e. The average Bonchev–Trinajstić information content (AvgIpc) is 2.75. The van der Waals surface area contributed by atoms with Gasteiger partial charge in [0.15, 0.2) is 0 Å². The molecule has 2 aliphatic rings. The minimum Gasteiger partial charge on any atom is -0.480 e. The van der Waals surface area contributed by atoms with Gasteiger partial charge in [0, 0.05) is 13.1 Å². The summed E-state index contributed by atoms with van der Waals surface area (Å²) < 4.78 is 0. The molecule has 0 radical (unpaired) electrons. The number of carbonyl (C=O) groups is 2. The Labute approximate surface area is 101 Å². The fourth-order valence-corrected chi connectivity index (χ4v) is 2.82. The Hall–Kier alpha value is -1.10. The number of carboxylic acid groups (broad SMARTS) is 1. The van der Waals surface area contributed by atoms with Crippen molar-refractivity contribution >= 4 is 11.9 Å².